The van der Waals surface area contributed by atoms with E-state index in [2.05, 4.69) is 0 Å². The Balaban J connectivity index is 5.42. The molecule has 0 radical (unpaired) electrons. The fourth-order valence-corrected chi connectivity index (χ4v) is 5.61. The molecule has 0 saturated heterocycles. The highest BCUT2D eigenvalue weighted by molar-refractivity contribution is 7.95. The summed E-state index contributed by atoms with van der Waals surface area (Å²) in [6, 6.07) is 0. The van der Waals surface area contributed by atoms with E-state index in [1.165, 1.54) is 0 Å². The van der Waals surface area contributed by atoms with Crippen molar-refractivity contribution in [1.82, 2.24) is 0 Å². The molecule has 0 heterocycles. The number of rotatable bonds is 7. The maximum atomic E-state index is 11.4. The Morgan fingerprint density at radius 3 is 1.44 bits per heavy atom. The minimum atomic E-state index is -4.86. The Morgan fingerprint density at radius 2 is 1.22 bits per heavy atom. The molecular formula is C5H10O10S3. The van der Waals surface area contributed by atoms with Crippen molar-refractivity contribution in [2.75, 3.05) is 17.3 Å². The van der Waals surface area contributed by atoms with Crippen molar-refractivity contribution in [3.63, 3.8) is 0 Å². The molecule has 0 aromatic carbocycles. The molecule has 0 saturated carbocycles. The van der Waals surface area contributed by atoms with Crippen molar-refractivity contribution in [1.29, 1.82) is 0 Å². The minimum Gasteiger partial charge on any atom is -0.480 e. The first-order valence-corrected chi connectivity index (χ1v) is 9.00. The predicted octanol–water partition coefficient (Wildman–Crippen LogP) is -2.37. The largest absolute Gasteiger partial charge is 0.480 e. The average Bonchev–Trinajstić information content (AvgIpc) is 1.93. The van der Waals surface area contributed by atoms with Gasteiger partial charge in [0.2, 0.25) is 0 Å². The van der Waals surface area contributed by atoms with Crippen molar-refractivity contribution in [2.24, 2.45) is 0 Å². The van der Waals surface area contributed by atoms with E-state index in [0.29, 0.717) is 0 Å². The molecule has 0 unspecified atom stereocenters. The van der Waals surface area contributed by atoms with Gasteiger partial charge < -0.3 is 5.11 Å². The SMILES string of the molecule is O=C(O)CS(=O)(=O)C(CS(=O)(=O)O)CS(=O)(=O)O. The molecule has 0 aliphatic heterocycles. The van der Waals surface area contributed by atoms with E-state index >= 15 is 0 Å². The summed E-state index contributed by atoms with van der Waals surface area (Å²) in [5.74, 6) is -6.40. The number of sulfone groups is 1. The Kier molecular flexibility index (Phi) is 5.25. The van der Waals surface area contributed by atoms with Gasteiger partial charge in [0.1, 0.15) is 5.75 Å². The first-order chi connectivity index (χ1) is 7.73. The van der Waals surface area contributed by atoms with Crippen molar-refractivity contribution in [3.05, 3.63) is 0 Å². The van der Waals surface area contributed by atoms with E-state index in [1.807, 2.05) is 0 Å². The van der Waals surface area contributed by atoms with E-state index in [4.69, 9.17) is 14.2 Å². The van der Waals surface area contributed by atoms with Gasteiger partial charge in [0, 0.05) is 0 Å². The molecular weight excluding hydrogens is 316 g/mol. The van der Waals surface area contributed by atoms with Crippen molar-refractivity contribution < 1.29 is 44.3 Å². The van der Waals surface area contributed by atoms with Crippen LogP contribution in [0.15, 0.2) is 0 Å². The van der Waals surface area contributed by atoms with Crippen molar-refractivity contribution in [3.8, 4) is 0 Å². The third kappa shape index (κ3) is 7.54. The van der Waals surface area contributed by atoms with E-state index in [0.717, 1.165) is 0 Å². The lowest BCUT2D eigenvalue weighted by atomic mass is 10.5. The van der Waals surface area contributed by atoms with Crippen LogP contribution in [0.1, 0.15) is 0 Å². The molecule has 0 spiro atoms. The molecule has 108 valence electrons. The van der Waals surface area contributed by atoms with Gasteiger partial charge in [-0.2, -0.15) is 16.8 Å². The van der Waals surface area contributed by atoms with Gasteiger partial charge in [0.05, 0.1) is 16.8 Å². The van der Waals surface area contributed by atoms with Gasteiger partial charge in [0.25, 0.3) is 20.2 Å². The summed E-state index contributed by atoms with van der Waals surface area (Å²) in [5.41, 5.74) is 0. The average molecular weight is 326 g/mol. The van der Waals surface area contributed by atoms with Crippen molar-refractivity contribution >= 4 is 36.0 Å². The maximum Gasteiger partial charge on any atom is 0.318 e. The number of aliphatic carboxylic acids is 1. The maximum absolute atomic E-state index is 11.4. The molecule has 3 N–H and O–H groups in total. The third-order valence-corrected chi connectivity index (χ3v) is 5.69. The number of carboxylic acid groups (broad SMARTS) is 1. The topological polar surface area (TPSA) is 180 Å². The Hall–Kier alpha value is -0.760. The highest BCUT2D eigenvalue weighted by Gasteiger charge is 2.35. The van der Waals surface area contributed by atoms with E-state index in [1.54, 1.807) is 0 Å². The molecule has 0 bridgehead atoms. The fourth-order valence-electron chi connectivity index (χ4n) is 1.02. The summed E-state index contributed by atoms with van der Waals surface area (Å²) in [4.78, 5) is 10.2. The lowest BCUT2D eigenvalue weighted by Crippen LogP contribution is -2.38. The highest BCUT2D eigenvalue weighted by atomic mass is 32.2. The van der Waals surface area contributed by atoms with Gasteiger partial charge in [-0.3, -0.25) is 13.9 Å². The van der Waals surface area contributed by atoms with E-state index in [-0.39, 0.29) is 0 Å². The smallest absolute Gasteiger partial charge is 0.318 e. The summed E-state index contributed by atoms with van der Waals surface area (Å²) in [6.45, 7) is 0. The number of carbonyl (C=O) groups is 1. The normalized spacial score (nSPS) is 13.7. The molecule has 0 aromatic heterocycles. The van der Waals surface area contributed by atoms with Crippen LogP contribution in [0.4, 0.5) is 0 Å². The van der Waals surface area contributed by atoms with E-state index < -0.39 is 58.6 Å². The second-order valence-electron chi connectivity index (χ2n) is 3.32. The Labute approximate surface area is 103 Å². The lowest BCUT2D eigenvalue weighted by Gasteiger charge is -2.13. The molecule has 0 atom stereocenters. The molecule has 0 fully saturated rings. The number of carboxylic acids is 1. The van der Waals surface area contributed by atoms with Gasteiger partial charge in [-0.15, -0.1) is 0 Å². The fraction of sp³-hybridized carbons (Fsp3) is 0.800. The van der Waals surface area contributed by atoms with Gasteiger partial charge in [-0.05, 0) is 0 Å². The quantitative estimate of drug-likeness (QED) is 0.428. The van der Waals surface area contributed by atoms with Gasteiger partial charge >= 0.3 is 5.97 Å². The Bertz CT molecular complexity index is 574. The van der Waals surface area contributed by atoms with Crippen LogP contribution in [-0.4, -0.2) is 67.9 Å². The van der Waals surface area contributed by atoms with Crippen LogP contribution in [0.5, 0.6) is 0 Å². The molecule has 0 aliphatic rings. The van der Waals surface area contributed by atoms with Crippen LogP contribution in [-0.2, 0) is 34.9 Å². The Morgan fingerprint density at radius 1 is 0.889 bits per heavy atom. The molecule has 0 amide bonds. The van der Waals surface area contributed by atoms with Crippen LogP contribution >= 0.6 is 0 Å². The predicted molar refractivity (Wildman–Crippen MR) is 58.0 cm³/mol. The van der Waals surface area contributed by atoms with Gasteiger partial charge in [-0.25, -0.2) is 8.42 Å². The molecule has 10 nitrogen and oxygen atoms in total. The first-order valence-electron chi connectivity index (χ1n) is 4.06. The zero-order valence-corrected chi connectivity index (χ0v) is 11.1. The van der Waals surface area contributed by atoms with Crippen LogP contribution in [0, 0.1) is 0 Å². The van der Waals surface area contributed by atoms with Gasteiger partial charge in [-0.1, -0.05) is 0 Å². The molecule has 18 heavy (non-hydrogen) atoms. The summed E-state index contributed by atoms with van der Waals surface area (Å²) in [5, 5.41) is 6.03. The lowest BCUT2D eigenvalue weighted by molar-refractivity contribution is -0.134. The minimum absolute atomic E-state index is 1.53. The highest BCUT2D eigenvalue weighted by Crippen LogP contribution is 2.09. The molecule has 13 heteroatoms. The second kappa shape index (κ2) is 5.48. The van der Waals surface area contributed by atoms with Crippen molar-refractivity contribution in [2.45, 2.75) is 5.25 Å². The summed E-state index contributed by atoms with van der Waals surface area (Å²) >= 11 is 0. The zero-order chi connectivity index (χ0) is 14.8. The summed E-state index contributed by atoms with van der Waals surface area (Å²) in [6.07, 6.45) is 0. The molecule has 0 rings (SSSR count). The van der Waals surface area contributed by atoms with E-state index in [9.17, 15) is 30.0 Å². The van der Waals surface area contributed by atoms with Crippen LogP contribution in [0.2, 0.25) is 0 Å². The monoisotopic (exact) mass is 326 g/mol. The number of hydrogen-bond acceptors (Lipinski definition) is 7. The zero-order valence-electron chi connectivity index (χ0n) is 8.62. The molecule has 0 aromatic rings. The molecule has 0 aliphatic carbocycles. The standard InChI is InChI=1S/C5H10O10S3/c6-5(7)3-16(8,9)4(1-17(10,11)12)2-18(13,14)15/h4H,1-3H2,(H,6,7)(H,10,11,12)(H,13,14,15). The number of hydrogen-bond donors (Lipinski definition) is 3. The summed E-state index contributed by atoms with van der Waals surface area (Å²) in [7, 11) is -14.4. The van der Waals surface area contributed by atoms with Crippen LogP contribution in [0.25, 0.3) is 0 Å². The first kappa shape index (κ1) is 17.2. The second-order valence-corrected chi connectivity index (χ2v) is 8.60. The van der Waals surface area contributed by atoms with Crippen LogP contribution in [0.3, 0.4) is 0 Å². The van der Waals surface area contributed by atoms with Gasteiger partial charge in [0.15, 0.2) is 9.84 Å². The summed E-state index contributed by atoms with van der Waals surface area (Å²) < 4.78 is 81.8. The van der Waals surface area contributed by atoms with Crippen LogP contribution < -0.4 is 0 Å². The third-order valence-electron chi connectivity index (χ3n) is 1.63.